The molecule has 0 heterocycles. The van der Waals surface area contributed by atoms with E-state index in [4.69, 9.17) is 10.8 Å². The normalized spacial score (nSPS) is 14.1. The van der Waals surface area contributed by atoms with Gasteiger partial charge in [-0.1, -0.05) is 38.1 Å². The van der Waals surface area contributed by atoms with Crippen LogP contribution in [-0.4, -0.2) is 74.9 Å². The van der Waals surface area contributed by atoms with E-state index < -0.39 is 54.5 Å². The highest BCUT2D eigenvalue weighted by atomic mass is 16.4. The summed E-state index contributed by atoms with van der Waals surface area (Å²) in [4.78, 5) is 50.4. The molecule has 0 aliphatic rings. The molecule has 212 valence electrons. The molecule has 0 bridgehead atoms. The van der Waals surface area contributed by atoms with Gasteiger partial charge >= 0.3 is 5.97 Å². The molecular weight excluding hydrogens is 508 g/mol. The molecule has 12 heteroatoms. The molecule has 0 aliphatic heterocycles. The molecule has 39 heavy (non-hydrogen) atoms. The fourth-order valence-electron chi connectivity index (χ4n) is 3.77. The summed E-state index contributed by atoms with van der Waals surface area (Å²) in [5, 5.41) is 44.9. The van der Waals surface area contributed by atoms with Crippen LogP contribution >= 0.6 is 0 Å². The number of carboxylic acids is 1. The molecule has 0 aliphatic carbocycles. The Balaban J connectivity index is 2.22. The third-order valence-corrected chi connectivity index (χ3v) is 5.88. The van der Waals surface area contributed by atoms with E-state index in [2.05, 4.69) is 16.0 Å². The summed E-state index contributed by atoms with van der Waals surface area (Å²) in [6.07, 6.45) is 0.305. The summed E-state index contributed by atoms with van der Waals surface area (Å²) in [6.45, 7) is 2.79. The highest BCUT2D eigenvalue weighted by molar-refractivity contribution is 5.94. The van der Waals surface area contributed by atoms with E-state index in [0.29, 0.717) is 11.1 Å². The number of aromatic hydroxyl groups is 2. The number of benzene rings is 2. The Hall–Kier alpha value is -4.16. The molecule has 0 saturated carbocycles. The lowest BCUT2D eigenvalue weighted by Gasteiger charge is -2.26. The first-order valence-electron chi connectivity index (χ1n) is 12.5. The van der Waals surface area contributed by atoms with Crippen LogP contribution in [0.25, 0.3) is 0 Å². The number of aliphatic hydroxyl groups excluding tert-OH is 1. The average molecular weight is 545 g/mol. The summed E-state index contributed by atoms with van der Waals surface area (Å²) in [5.74, 6) is -3.54. The number of aliphatic carboxylic acids is 1. The van der Waals surface area contributed by atoms with E-state index in [1.165, 1.54) is 24.3 Å². The molecule has 0 radical (unpaired) electrons. The molecule has 0 spiro atoms. The van der Waals surface area contributed by atoms with Crippen molar-refractivity contribution >= 4 is 23.7 Å². The van der Waals surface area contributed by atoms with Crippen LogP contribution in [0.3, 0.4) is 0 Å². The number of phenolic OH excluding ortho intramolecular Hbond substituents is 2. The van der Waals surface area contributed by atoms with Crippen LogP contribution in [0.1, 0.15) is 31.4 Å². The molecule has 4 unspecified atom stereocenters. The average Bonchev–Trinajstić information content (AvgIpc) is 2.88. The number of carbonyl (C=O) groups excluding carboxylic acids is 3. The SMILES string of the molecule is CC(C)CC(NC(=O)C(Cc1ccc(O)cc1)NC(=O)C(N)Cc1ccc(O)cc1)C(=O)NC(CO)C(=O)O. The van der Waals surface area contributed by atoms with Crippen LogP contribution in [0, 0.1) is 5.92 Å². The monoisotopic (exact) mass is 544 g/mol. The Labute approximate surface area is 226 Å². The van der Waals surface area contributed by atoms with Gasteiger partial charge in [0.15, 0.2) is 0 Å². The standard InChI is InChI=1S/C27H36N4O8/c1-15(2)11-21(25(36)31-23(14-32)27(38)39)30-26(37)22(13-17-5-9-19(34)10-6-17)29-24(35)20(28)12-16-3-7-18(33)8-4-16/h3-10,15,20-23,32-34H,11-14,28H2,1-2H3,(H,29,35)(H,30,37)(H,31,36)(H,38,39). The number of amides is 3. The van der Waals surface area contributed by atoms with Crippen LogP contribution in [0.15, 0.2) is 48.5 Å². The van der Waals surface area contributed by atoms with Crippen LogP contribution in [0.4, 0.5) is 0 Å². The Morgan fingerprint density at radius 2 is 1.15 bits per heavy atom. The number of rotatable bonds is 14. The van der Waals surface area contributed by atoms with Gasteiger partial charge in [0.2, 0.25) is 17.7 Å². The van der Waals surface area contributed by atoms with E-state index in [1.807, 2.05) is 13.8 Å². The number of hydrogen-bond donors (Lipinski definition) is 8. The lowest BCUT2D eigenvalue weighted by Crippen LogP contribution is -2.58. The van der Waals surface area contributed by atoms with Gasteiger partial charge in [0.1, 0.15) is 29.6 Å². The van der Waals surface area contributed by atoms with Crippen LogP contribution < -0.4 is 21.7 Å². The fraction of sp³-hybridized carbons (Fsp3) is 0.407. The van der Waals surface area contributed by atoms with Crippen molar-refractivity contribution in [2.45, 2.75) is 57.3 Å². The van der Waals surface area contributed by atoms with E-state index in [9.17, 15) is 34.5 Å². The van der Waals surface area contributed by atoms with Gasteiger partial charge in [-0.3, -0.25) is 14.4 Å². The third kappa shape index (κ3) is 10.3. The molecule has 0 saturated heterocycles. The number of nitrogens with one attached hydrogen (secondary N) is 3. The van der Waals surface area contributed by atoms with Gasteiger partial charge in [0, 0.05) is 6.42 Å². The summed E-state index contributed by atoms with van der Waals surface area (Å²) in [7, 11) is 0. The number of nitrogens with two attached hydrogens (primary N) is 1. The summed E-state index contributed by atoms with van der Waals surface area (Å²) < 4.78 is 0. The van der Waals surface area contributed by atoms with Crippen LogP contribution in [-0.2, 0) is 32.0 Å². The Bertz CT molecular complexity index is 1120. The Kier molecular flexibility index (Phi) is 11.7. The zero-order valence-electron chi connectivity index (χ0n) is 21.8. The van der Waals surface area contributed by atoms with E-state index >= 15 is 0 Å². The molecular formula is C27H36N4O8. The van der Waals surface area contributed by atoms with Crippen LogP contribution in [0.2, 0.25) is 0 Å². The highest BCUT2D eigenvalue weighted by Crippen LogP contribution is 2.14. The molecule has 0 fully saturated rings. The smallest absolute Gasteiger partial charge is 0.328 e. The van der Waals surface area contributed by atoms with Crippen molar-refractivity contribution in [2.75, 3.05) is 6.61 Å². The van der Waals surface area contributed by atoms with Gasteiger partial charge in [-0.2, -0.15) is 0 Å². The van der Waals surface area contributed by atoms with Crippen molar-refractivity contribution < 1.29 is 39.6 Å². The maximum Gasteiger partial charge on any atom is 0.328 e. The fourth-order valence-corrected chi connectivity index (χ4v) is 3.77. The topological polar surface area (TPSA) is 211 Å². The first-order valence-corrected chi connectivity index (χ1v) is 12.5. The lowest BCUT2D eigenvalue weighted by atomic mass is 10.00. The number of carboxylic acid groups (broad SMARTS) is 1. The van der Waals surface area contributed by atoms with Crippen molar-refractivity contribution in [3.05, 3.63) is 59.7 Å². The first kappa shape index (κ1) is 31.1. The second-order valence-electron chi connectivity index (χ2n) is 9.68. The minimum Gasteiger partial charge on any atom is -0.508 e. The van der Waals surface area contributed by atoms with Crippen molar-refractivity contribution in [1.82, 2.24) is 16.0 Å². The molecule has 2 aromatic rings. The van der Waals surface area contributed by atoms with Gasteiger partial charge in [-0.15, -0.1) is 0 Å². The zero-order valence-corrected chi connectivity index (χ0v) is 21.8. The number of aliphatic hydroxyl groups is 1. The van der Waals surface area contributed by atoms with Gasteiger partial charge in [-0.05, 0) is 54.2 Å². The molecule has 2 rings (SSSR count). The van der Waals surface area contributed by atoms with Crippen LogP contribution in [0.5, 0.6) is 11.5 Å². The number of hydrogen-bond acceptors (Lipinski definition) is 8. The molecule has 2 aromatic carbocycles. The van der Waals surface area contributed by atoms with E-state index in [1.54, 1.807) is 24.3 Å². The summed E-state index contributed by atoms with van der Waals surface area (Å²) in [6, 6.07) is 7.30. The first-order chi connectivity index (χ1) is 18.4. The van der Waals surface area contributed by atoms with Gasteiger partial charge in [0.25, 0.3) is 0 Å². The third-order valence-electron chi connectivity index (χ3n) is 5.88. The van der Waals surface area contributed by atoms with Crippen molar-refractivity contribution in [1.29, 1.82) is 0 Å². The minimum atomic E-state index is -1.55. The Morgan fingerprint density at radius 3 is 1.62 bits per heavy atom. The minimum absolute atomic E-state index is 0.00813. The van der Waals surface area contributed by atoms with Gasteiger partial charge in [-0.25, -0.2) is 4.79 Å². The predicted molar refractivity (Wildman–Crippen MR) is 142 cm³/mol. The quantitative estimate of drug-likeness (QED) is 0.158. The largest absolute Gasteiger partial charge is 0.508 e. The molecule has 4 atom stereocenters. The predicted octanol–water partition coefficient (Wildman–Crippen LogP) is -0.212. The lowest BCUT2D eigenvalue weighted by molar-refractivity contribution is -0.143. The summed E-state index contributed by atoms with van der Waals surface area (Å²) >= 11 is 0. The zero-order chi connectivity index (χ0) is 29.1. The maximum atomic E-state index is 13.4. The van der Waals surface area contributed by atoms with E-state index in [-0.39, 0.29) is 36.7 Å². The van der Waals surface area contributed by atoms with Gasteiger partial charge < -0.3 is 42.1 Å². The molecule has 9 N–H and O–H groups in total. The van der Waals surface area contributed by atoms with E-state index in [0.717, 1.165) is 0 Å². The second kappa shape index (κ2) is 14.7. The Morgan fingerprint density at radius 1 is 0.718 bits per heavy atom. The van der Waals surface area contributed by atoms with Gasteiger partial charge in [0.05, 0.1) is 12.6 Å². The molecule has 0 aromatic heterocycles. The van der Waals surface area contributed by atoms with Crippen molar-refractivity contribution in [2.24, 2.45) is 11.7 Å². The maximum absolute atomic E-state index is 13.4. The summed E-state index contributed by atoms with van der Waals surface area (Å²) in [5.41, 5.74) is 7.38. The molecule has 12 nitrogen and oxygen atoms in total. The molecule has 3 amide bonds. The second-order valence-corrected chi connectivity index (χ2v) is 9.68. The number of phenols is 2. The number of carbonyl (C=O) groups is 4. The van der Waals surface area contributed by atoms with Crippen molar-refractivity contribution in [3.8, 4) is 11.5 Å². The highest BCUT2D eigenvalue weighted by Gasteiger charge is 2.31. The van der Waals surface area contributed by atoms with Crippen molar-refractivity contribution in [3.63, 3.8) is 0 Å².